The van der Waals surface area contributed by atoms with Crippen molar-refractivity contribution in [2.45, 2.75) is 13.5 Å². The first-order chi connectivity index (χ1) is 11.0. The lowest BCUT2D eigenvalue weighted by Gasteiger charge is -2.12. The number of hydrogen-bond donors (Lipinski definition) is 0. The molecule has 0 bridgehead atoms. The number of hydrogen-bond acceptors (Lipinski definition) is 4. The largest absolute Gasteiger partial charge is 0.486 e. The van der Waals surface area contributed by atoms with E-state index in [4.69, 9.17) is 37.9 Å². The minimum Gasteiger partial charge on any atom is -0.486 e. The van der Waals surface area contributed by atoms with Gasteiger partial charge in [-0.2, -0.15) is 5.26 Å². The first-order valence-corrected chi connectivity index (χ1v) is 7.58. The van der Waals surface area contributed by atoms with Crippen LogP contribution in [-0.2, 0) is 11.3 Å². The molecule has 2 aromatic carbocycles. The van der Waals surface area contributed by atoms with E-state index in [1.807, 2.05) is 6.07 Å². The van der Waals surface area contributed by atoms with Crippen LogP contribution in [0.25, 0.3) is 0 Å². The molecule has 0 aromatic heterocycles. The van der Waals surface area contributed by atoms with Crippen LogP contribution in [-0.4, -0.2) is 12.6 Å². The quantitative estimate of drug-likeness (QED) is 0.738. The predicted octanol–water partition coefficient (Wildman–Crippen LogP) is 4.62. The third-order valence-corrected chi connectivity index (χ3v) is 3.51. The van der Waals surface area contributed by atoms with Crippen molar-refractivity contribution in [1.82, 2.24) is 0 Å². The van der Waals surface area contributed by atoms with Crippen LogP contribution in [0.2, 0.25) is 10.0 Å². The average molecular weight is 350 g/mol. The molecular weight excluding hydrogens is 337 g/mol. The fourth-order valence-electron chi connectivity index (χ4n) is 1.92. The molecule has 23 heavy (non-hydrogen) atoms. The van der Waals surface area contributed by atoms with Gasteiger partial charge in [-0.25, -0.2) is 4.79 Å². The molecule has 0 unspecified atom stereocenters. The van der Waals surface area contributed by atoms with Gasteiger partial charge in [0, 0.05) is 0 Å². The van der Waals surface area contributed by atoms with Gasteiger partial charge in [0.05, 0.1) is 33.8 Å². The minimum absolute atomic E-state index is 0.202. The predicted molar refractivity (Wildman–Crippen MR) is 87.9 cm³/mol. The van der Waals surface area contributed by atoms with E-state index in [1.54, 1.807) is 25.1 Å². The van der Waals surface area contributed by atoms with Crippen molar-refractivity contribution in [2.75, 3.05) is 6.61 Å². The van der Waals surface area contributed by atoms with Gasteiger partial charge in [-0.3, -0.25) is 0 Å². The van der Waals surface area contributed by atoms with Crippen molar-refractivity contribution >= 4 is 29.2 Å². The smallest absolute Gasteiger partial charge is 0.338 e. The summed E-state index contributed by atoms with van der Waals surface area (Å²) in [7, 11) is 0. The molecule has 0 N–H and O–H groups in total. The number of benzene rings is 2. The molecule has 2 aromatic rings. The highest BCUT2D eigenvalue weighted by molar-refractivity contribution is 6.37. The van der Waals surface area contributed by atoms with Gasteiger partial charge >= 0.3 is 5.97 Å². The van der Waals surface area contributed by atoms with E-state index in [0.29, 0.717) is 5.56 Å². The first kappa shape index (κ1) is 17.1. The summed E-state index contributed by atoms with van der Waals surface area (Å²) in [6.07, 6.45) is 0. The van der Waals surface area contributed by atoms with Gasteiger partial charge in [0.1, 0.15) is 6.61 Å². The Labute approximate surface area is 144 Å². The molecule has 0 amide bonds. The summed E-state index contributed by atoms with van der Waals surface area (Å²) in [5.74, 6) is -0.215. The molecule has 0 spiro atoms. The highest BCUT2D eigenvalue weighted by atomic mass is 35.5. The number of rotatable bonds is 5. The molecule has 0 saturated heterocycles. The average Bonchev–Trinajstić information content (AvgIpc) is 2.54. The third kappa shape index (κ3) is 4.38. The molecule has 118 valence electrons. The number of halogens is 2. The molecule has 0 fully saturated rings. The van der Waals surface area contributed by atoms with E-state index in [-0.39, 0.29) is 34.6 Å². The zero-order chi connectivity index (χ0) is 16.8. The van der Waals surface area contributed by atoms with Crippen molar-refractivity contribution in [3.05, 3.63) is 63.1 Å². The summed E-state index contributed by atoms with van der Waals surface area (Å²) in [5.41, 5.74) is 1.62. The topological polar surface area (TPSA) is 59.3 Å². The van der Waals surface area contributed by atoms with Crippen molar-refractivity contribution in [3.63, 3.8) is 0 Å². The Balaban J connectivity index is 2.17. The Morgan fingerprint density at radius 2 is 1.91 bits per heavy atom. The maximum absolute atomic E-state index is 11.7. The van der Waals surface area contributed by atoms with Crippen molar-refractivity contribution in [1.29, 1.82) is 5.26 Å². The standard InChI is InChI=1S/C17H13Cl2NO3/c1-2-22-17(21)13-7-14(18)16(15(19)8-13)23-10-12-5-3-4-11(6-12)9-20/h3-8H,2,10H2,1H3. The maximum atomic E-state index is 11.7. The third-order valence-electron chi connectivity index (χ3n) is 2.95. The molecule has 0 radical (unpaired) electrons. The molecular formula is C17H13Cl2NO3. The van der Waals surface area contributed by atoms with E-state index in [2.05, 4.69) is 6.07 Å². The number of carbonyl (C=O) groups excluding carboxylic acids is 1. The summed E-state index contributed by atoms with van der Waals surface area (Å²) in [5, 5.41) is 9.32. The second-order valence-corrected chi connectivity index (χ2v) is 5.40. The zero-order valence-electron chi connectivity index (χ0n) is 12.3. The maximum Gasteiger partial charge on any atom is 0.338 e. The molecule has 0 atom stereocenters. The van der Waals surface area contributed by atoms with E-state index in [1.165, 1.54) is 12.1 Å². The fourth-order valence-corrected chi connectivity index (χ4v) is 2.51. The Kier molecular flexibility index (Phi) is 5.86. The van der Waals surface area contributed by atoms with Crippen LogP contribution in [0.5, 0.6) is 5.75 Å². The Bertz CT molecular complexity index is 746. The number of nitrogens with zero attached hydrogens (tertiary/aromatic N) is 1. The lowest BCUT2D eigenvalue weighted by molar-refractivity contribution is 0.0526. The Hall–Kier alpha value is -2.22. The van der Waals surface area contributed by atoms with Gasteiger partial charge in [0.25, 0.3) is 0 Å². The van der Waals surface area contributed by atoms with Gasteiger partial charge < -0.3 is 9.47 Å². The summed E-state index contributed by atoms with van der Waals surface area (Å²) < 4.78 is 10.5. The number of esters is 1. The molecule has 6 heteroatoms. The molecule has 4 nitrogen and oxygen atoms in total. The molecule has 2 rings (SSSR count). The van der Waals surface area contributed by atoms with Crippen LogP contribution in [0.15, 0.2) is 36.4 Å². The summed E-state index contributed by atoms with van der Waals surface area (Å²) in [6, 6.07) is 12.0. The molecule has 0 saturated carbocycles. The number of carbonyl (C=O) groups is 1. The second-order valence-electron chi connectivity index (χ2n) is 4.59. The van der Waals surface area contributed by atoms with Gasteiger partial charge in [-0.15, -0.1) is 0 Å². The van der Waals surface area contributed by atoms with Crippen LogP contribution in [0.4, 0.5) is 0 Å². The lowest BCUT2D eigenvalue weighted by atomic mass is 10.1. The van der Waals surface area contributed by atoms with Gasteiger partial charge in [-0.05, 0) is 36.8 Å². The SMILES string of the molecule is CCOC(=O)c1cc(Cl)c(OCc2cccc(C#N)c2)c(Cl)c1. The molecule has 0 aliphatic rings. The van der Waals surface area contributed by atoms with E-state index in [0.717, 1.165) is 5.56 Å². The molecule has 0 heterocycles. The van der Waals surface area contributed by atoms with Crippen molar-refractivity contribution in [3.8, 4) is 11.8 Å². The number of nitriles is 1. The van der Waals surface area contributed by atoms with Crippen LogP contribution in [0, 0.1) is 11.3 Å². The van der Waals surface area contributed by atoms with E-state index in [9.17, 15) is 4.79 Å². The highest BCUT2D eigenvalue weighted by Crippen LogP contribution is 2.35. The van der Waals surface area contributed by atoms with Crippen LogP contribution in [0.1, 0.15) is 28.4 Å². The monoisotopic (exact) mass is 349 g/mol. The minimum atomic E-state index is -0.496. The summed E-state index contributed by atoms with van der Waals surface area (Å²) >= 11 is 12.3. The van der Waals surface area contributed by atoms with Gasteiger partial charge in [0.2, 0.25) is 0 Å². The molecule has 0 aliphatic heterocycles. The number of ether oxygens (including phenoxy) is 2. The Morgan fingerprint density at radius 1 is 1.22 bits per heavy atom. The van der Waals surface area contributed by atoms with Crippen LogP contribution < -0.4 is 4.74 Å². The fraction of sp³-hybridized carbons (Fsp3) is 0.176. The van der Waals surface area contributed by atoms with Crippen LogP contribution in [0.3, 0.4) is 0 Å². The normalized spacial score (nSPS) is 10.0. The zero-order valence-corrected chi connectivity index (χ0v) is 13.8. The Morgan fingerprint density at radius 3 is 2.52 bits per heavy atom. The molecule has 0 aliphatic carbocycles. The van der Waals surface area contributed by atoms with Gasteiger partial charge in [0.15, 0.2) is 5.75 Å². The van der Waals surface area contributed by atoms with Crippen molar-refractivity contribution < 1.29 is 14.3 Å². The lowest BCUT2D eigenvalue weighted by Crippen LogP contribution is -2.05. The second kappa shape index (κ2) is 7.87. The van der Waals surface area contributed by atoms with Crippen molar-refractivity contribution in [2.24, 2.45) is 0 Å². The highest BCUT2D eigenvalue weighted by Gasteiger charge is 2.15. The van der Waals surface area contributed by atoms with Crippen LogP contribution >= 0.6 is 23.2 Å². The van der Waals surface area contributed by atoms with E-state index < -0.39 is 5.97 Å². The first-order valence-electron chi connectivity index (χ1n) is 6.83. The summed E-state index contributed by atoms with van der Waals surface area (Å²) in [4.78, 5) is 11.7. The van der Waals surface area contributed by atoms with E-state index >= 15 is 0 Å². The summed E-state index contributed by atoms with van der Waals surface area (Å²) in [6.45, 7) is 2.18. The van der Waals surface area contributed by atoms with Gasteiger partial charge in [-0.1, -0.05) is 35.3 Å².